The fourth-order valence-electron chi connectivity index (χ4n) is 2.17. The van der Waals surface area contributed by atoms with Crippen LogP contribution in [0.2, 0.25) is 0 Å². The molecule has 2 aromatic carbocycles. The summed E-state index contributed by atoms with van der Waals surface area (Å²) < 4.78 is 10.4. The van der Waals surface area contributed by atoms with E-state index < -0.39 is 0 Å². The van der Waals surface area contributed by atoms with Crippen molar-refractivity contribution in [1.29, 1.82) is 0 Å². The van der Waals surface area contributed by atoms with Crippen molar-refractivity contribution in [2.45, 2.75) is 12.8 Å². The molecule has 0 amide bonds. The normalized spacial score (nSPS) is 10.2. The van der Waals surface area contributed by atoms with Crippen molar-refractivity contribution in [1.82, 2.24) is 0 Å². The van der Waals surface area contributed by atoms with Crippen LogP contribution in [0.15, 0.2) is 42.5 Å². The van der Waals surface area contributed by atoms with Crippen molar-refractivity contribution in [2.75, 3.05) is 20.0 Å². The summed E-state index contributed by atoms with van der Waals surface area (Å²) in [6, 6.07) is 12.8. The lowest BCUT2D eigenvalue weighted by atomic mass is 10.0. The lowest BCUT2D eigenvalue weighted by Gasteiger charge is -2.10. The van der Waals surface area contributed by atoms with Gasteiger partial charge < -0.3 is 15.2 Å². The predicted octanol–water partition coefficient (Wildman–Crippen LogP) is 3.10. The number of carbonyl (C=O) groups excluding carboxylic acids is 1. The van der Waals surface area contributed by atoms with E-state index in [1.807, 2.05) is 24.3 Å². The first-order valence-electron chi connectivity index (χ1n) is 6.73. The highest BCUT2D eigenvalue weighted by atomic mass is 16.5. The van der Waals surface area contributed by atoms with Crippen molar-refractivity contribution >= 4 is 11.5 Å². The molecular formula is C17H19NO3. The minimum absolute atomic E-state index is 0.0215. The summed E-state index contributed by atoms with van der Waals surface area (Å²) >= 11 is 0. The van der Waals surface area contributed by atoms with Crippen molar-refractivity contribution in [3.8, 4) is 11.5 Å². The number of nitrogen functional groups attached to an aromatic ring is 1. The van der Waals surface area contributed by atoms with Gasteiger partial charge in [0.2, 0.25) is 0 Å². The van der Waals surface area contributed by atoms with Crippen molar-refractivity contribution < 1.29 is 14.3 Å². The van der Waals surface area contributed by atoms with E-state index in [2.05, 4.69) is 0 Å². The van der Waals surface area contributed by atoms with Crippen LogP contribution < -0.4 is 15.2 Å². The molecule has 2 aromatic rings. The summed E-state index contributed by atoms with van der Waals surface area (Å²) in [6.45, 7) is 0. The van der Waals surface area contributed by atoms with E-state index in [0.29, 0.717) is 35.6 Å². The number of nitrogens with two attached hydrogens (primary N) is 1. The molecule has 0 saturated heterocycles. The zero-order chi connectivity index (χ0) is 15.2. The third kappa shape index (κ3) is 3.75. The number of aryl methyl sites for hydroxylation is 1. The van der Waals surface area contributed by atoms with Crippen LogP contribution in [0.1, 0.15) is 22.3 Å². The van der Waals surface area contributed by atoms with Crippen LogP contribution in [-0.4, -0.2) is 20.0 Å². The first-order valence-corrected chi connectivity index (χ1v) is 6.73. The van der Waals surface area contributed by atoms with Crippen molar-refractivity contribution in [3.63, 3.8) is 0 Å². The van der Waals surface area contributed by atoms with Crippen molar-refractivity contribution in [2.24, 2.45) is 0 Å². The Kier molecular flexibility index (Phi) is 4.82. The van der Waals surface area contributed by atoms with Gasteiger partial charge in [0.15, 0.2) is 5.78 Å². The zero-order valence-electron chi connectivity index (χ0n) is 12.3. The molecule has 0 aliphatic heterocycles. The molecule has 0 aromatic heterocycles. The van der Waals surface area contributed by atoms with Gasteiger partial charge in [-0.25, -0.2) is 0 Å². The fraction of sp³-hybridized carbons (Fsp3) is 0.235. The quantitative estimate of drug-likeness (QED) is 0.654. The Morgan fingerprint density at radius 1 is 1.10 bits per heavy atom. The monoisotopic (exact) mass is 285 g/mol. The minimum atomic E-state index is 0.0215. The van der Waals surface area contributed by atoms with Gasteiger partial charge in [0.05, 0.1) is 19.8 Å². The molecule has 0 spiro atoms. The summed E-state index contributed by atoms with van der Waals surface area (Å²) in [4.78, 5) is 12.4. The number of ketones is 1. The van der Waals surface area contributed by atoms with Gasteiger partial charge in [-0.15, -0.1) is 0 Å². The second-order valence-electron chi connectivity index (χ2n) is 4.73. The van der Waals surface area contributed by atoms with Crippen LogP contribution >= 0.6 is 0 Å². The highest BCUT2D eigenvalue weighted by Gasteiger charge is 2.13. The summed E-state index contributed by atoms with van der Waals surface area (Å²) in [5.41, 5.74) is 8.03. The van der Waals surface area contributed by atoms with Crippen molar-refractivity contribution in [3.05, 3.63) is 53.6 Å². The highest BCUT2D eigenvalue weighted by molar-refractivity contribution is 5.99. The average Bonchev–Trinajstić information content (AvgIpc) is 2.52. The maximum Gasteiger partial charge on any atom is 0.167 e. The first-order chi connectivity index (χ1) is 10.1. The van der Waals surface area contributed by atoms with E-state index in [4.69, 9.17) is 15.2 Å². The molecule has 0 aliphatic rings. The first kappa shape index (κ1) is 14.9. The van der Waals surface area contributed by atoms with E-state index in [0.717, 1.165) is 5.56 Å². The molecule has 0 aliphatic carbocycles. The van der Waals surface area contributed by atoms with Crippen LogP contribution in [0, 0.1) is 0 Å². The van der Waals surface area contributed by atoms with Crippen LogP contribution in [0.5, 0.6) is 11.5 Å². The number of hydrogen-bond donors (Lipinski definition) is 1. The van der Waals surface area contributed by atoms with E-state index >= 15 is 0 Å². The van der Waals surface area contributed by atoms with Gasteiger partial charge in [0, 0.05) is 12.1 Å². The molecule has 110 valence electrons. The number of ether oxygens (including phenoxy) is 2. The summed E-state index contributed by atoms with van der Waals surface area (Å²) in [6.07, 6.45) is 1.04. The SMILES string of the molecule is COc1ccc(OC)c(C(=O)CCc2cccc(N)c2)c1. The third-order valence-electron chi connectivity index (χ3n) is 3.30. The molecule has 4 nitrogen and oxygen atoms in total. The zero-order valence-corrected chi connectivity index (χ0v) is 12.3. The number of rotatable bonds is 6. The number of anilines is 1. The average molecular weight is 285 g/mol. The summed E-state index contributed by atoms with van der Waals surface area (Å²) in [7, 11) is 3.12. The van der Waals surface area contributed by atoms with E-state index in [-0.39, 0.29) is 5.78 Å². The molecule has 2 rings (SSSR count). The number of hydrogen-bond acceptors (Lipinski definition) is 4. The second kappa shape index (κ2) is 6.79. The van der Waals surface area contributed by atoms with Gasteiger partial charge >= 0.3 is 0 Å². The van der Waals surface area contributed by atoms with Gasteiger partial charge in [-0.3, -0.25) is 4.79 Å². The van der Waals surface area contributed by atoms with Crippen LogP contribution in [-0.2, 0) is 6.42 Å². The van der Waals surface area contributed by atoms with Gasteiger partial charge in [0.1, 0.15) is 11.5 Å². The van der Waals surface area contributed by atoms with E-state index in [9.17, 15) is 4.79 Å². The number of methoxy groups -OCH3 is 2. The molecule has 0 bridgehead atoms. The van der Waals surface area contributed by atoms with Gasteiger partial charge in [-0.05, 0) is 42.3 Å². The summed E-state index contributed by atoms with van der Waals surface area (Å²) in [5.74, 6) is 1.23. The molecule has 0 radical (unpaired) electrons. The third-order valence-corrected chi connectivity index (χ3v) is 3.30. The molecule has 0 saturated carbocycles. The maximum atomic E-state index is 12.4. The second-order valence-corrected chi connectivity index (χ2v) is 4.73. The molecule has 0 fully saturated rings. The summed E-state index contributed by atoms with van der Waals surface area (Å²) in [5, 5.41) is 0. The molecular weight excluding hydrogens is 266 g/mol. The van der Waals surface area contributed by atoms with Crippen LogP contribution in [0.25, 0.3) is 0 Å². The van der Waals surface area contributed by atoms with Gasteiger partial charge in [0.25, 0.3) is 0 Å². The molecule has 4 heteroatoms. The Hall–Kier alpha value is -2.49. The lowest BCUT2D eigenvalue weighted by molar-refractivity contribution is 0.0979. The molecule has 0 heterocycles. The highest BCUT2D eigenvalue weighted by Crippen LogP contribution is 2.25. The Morgan fingerprint density at radius 3 is 2.57 bits per heavy atom. The lowest BCUT2D eigenvalue weighted by Crippen LogP contribution is -2.04. The smallest absolute Gasteiger partial charge is 0.167 e. The number of Topliss-reactive ketones (excluding diaryl/α,β-unsaturated/α-hetero) is 1. The van der Waals surface area contributed by atoms with Gasteiger partial charge in [-0.2, -0.15) is 0 Å². The van der Waals surface area contributed by atoms with E-state index in [1.54, 1.807) is 32.4 Å². The Balaban J connectivity index is 2.12. The van der Waals surface area contributed by atoms with Gasteiger partial charge in [-0.1, -0.05) is 12.1 Å². The largest absolute Gasteiger partial charge is 0.497 e. The molecule has 21 heavy (non-hydrogen) atoms. The predicted molar refractivity (Wildman–Crippen MR) is 83.1 cm³/mol. The number of benzene rings is 2. The van der Waals surface area contributed by atoms with Crippen LogP contribution in [0.4, 0.5) is 5.69 Å². The fourth-order valence-corrected chi connectivity index (χ4v) is 2.17. The molecule has 2 N–H and O–H groups in total. The number of carbonyl (C=O) groups is 1. The van der Waals surface area contributed by atoms with E-state index in [1.165, 1.54) is 0 Å². The standard InChI is InChI=1S/C17H19NO3/c1-20-14-7-9-17(21-2)15(11-14)16(19)8-6-12-4-3-5-13(18)10-12/h3-5,7,9-11H,6,8,18H2,1-2H3. The Labute approximate surface area is 124 Å². The maximum absolute atomic E-state index is 12.4. The Morgan fingerprint density at radius 2 is 1.90 bits per heavy atom. The minimum Gasteiger partial charge on any atom is -0.497 e. The molecule has 0 unspecified atom stereocenters. The van der Waals surface area contributed by atoms with Crippen LogP contribution in [0.3, 0.4) is 0 Å². The Bertz CT molecular complexity index is 638. The topological polar surface area (TPSA) is 61.5 Å². The molecule has 0 atom stereocenters.